The fourth-order valence-corrected chi connectivity index (χ4v) is 1.76. The van der Waals surface area contributed by atoms with E-state index in [2.05, 4.69) is 19.2 Å². The molecule has 0 aliphatic rings. The van der Waals surface area contributed by atoms with Gasteiger partial charge in [0.15, 0.2) is 0 Å². The maximum Gasteiger partial charge on any atom is 0.328 e. The lowest BCUT2D eigenvalue weighted by Gasteiger charge is -2.07. The summed E-state index contributed by atoms with van der Waals surface area (Å²) in [7, 11) is 0. The minimum absolute atomic E-state index is 0.101. The van der Waals surface area contributed by atoms with Gasteiger partial charge in [-0.3, -0.25) is 9.13 Å². The molecule has 1 aromatic heterocycles. The highest BCUT2D eigenvalue weighted by atomic mass is 16.1. The monoisotopic (exact) mass is 239 g/mol. The molecule has 0 saturated carbocycles. The summed E-state index contributed by atoms with van der Waals surface area (Å²) < 4.78 is 3.55. The topological polar surface area (TPSA) is 39.0 Å². The van der Waals surface area contributed by atoms with Crippen LogP contribution in [0.3, 0.4) is 0 Å². The number of aryl methyl sites for hydroxylation is 1. The van der Waals surface area contributed by atoms with Crippen molar-refractivity contribution in [2.24, 2.45) is 5.92 Å². The Labute approximate surface area is 104 Å². The van der Waals surface area contributed by atoms with Gasteiger partial charge in [0.25, 0.3) is 0 Å². The van der Waals surface area contributed by atoms with Gasteiger partial charge in [0.2, 0.25) is 0 Å². The molecule has 1 N–H and O–H groups in total. The SMILES string of the molecule is CC(C)CNCCCn1ccn(C(C)C)c1=O. The molecular weight excluding hydrogens is 214 g/mol. The molecule has 1 rings (SSSR count). The van der Waals surface area contributed by atoms with E-state index in [0.29, 0.717) is 5.92 Å². The molecule has 0 aliphatic heterocycles. The molecule has 4 heteroatoms. The van der Waals surface area contributed by atoms with Crippen LogP contribution in [0.1, 0.15) is 40.2 Å². The molecule has 0 aliphatic carbocycles. The molecule has 0 aromatic carbocycles. The summed E-state index contributed by atoms with van der Waals surface area (Å²) in [6.07, 6.45) is 4.74. The fraction of sp³-hybridized carbons (Fsp3) is 0.769. The standard InChI is InChI=1S/C13H25N3O/c1-11(2)10-14-6-5-7-15-8-9-16(12(3)4)13(15)17/h8-9,11-12,14H,5-7,10H2,1-4H3. The van der Waals surface area contributed by atoms with Crippen LogP contribution < -0.4 is 11.0 Å². The molecule has 0 bridgehead atoms. The molecule has 0 spiro atoms. The van der Waals surface area contributed by atoms with Crippen molar-refractivity contribution in [2.75, 3.05) is 13.1 Å². The zero-order valence-corrected chi connectivity index (χ0v) is 11.4. The molecule has 0 fully saturated rings. The van der Waals surface area contributed by atoms with Gasteiger partial charge in [-0.05, 0) is 39.3 Å². The molecule has 0 unspecified atom stereocenters. The van der Waals surface area contributed by atoms with E-state index in [0.717, 1.165) is 26.1 Å². The average Bonchev–Trinajstić information content (AvgIpc) is 2.59. The predicted molar refractivity (Wildman–Crippen MR) is 71.4 cm³/mol. The largest absolute Gasteiger partial charge is 0.328 e. The molecule has 0 atom stereocenters. The van der Waals surface area contributed by atoms with Crippen molar-refractivity contribution >= 4 is 0 Å². The normalized spacial score (nSPS) is 11.6. The molecule has 0 radical (unpaired) electrons. The first-order valence-corrected chi connectivity index (χ1v) is 6.50. The smallest absolute Gasteiger partial charge is 0.316 e. The number of nitrogens with one attached hydrogen (secondary N) is 1. The van der Waals surface area contributed by atoms with E-state index < -0.39 is 0 Å². The maximum absolute atomic E-state index is 11.9. The number of rotatable bonds is 7. The minimum Gasteiger partial charge on any atom is -0.316 e. The summed E-state index contributed by atoms with van der Waals surface area (Å²) >= 11 is 0. The van der Waals surface area contributed by atoms with E-state index in [1.54, 1.807) is 9.13 Å². The highest BCUT2D eigenvalue weighted by Crippen LogP contribution is 1.99. The second-order valence-corrected chi connectivity index (χ2v) is 5.23. The van der Waals surface area contributed by atoms with Crippen molar-refractivity contribution in [1.82, 2.24) is 14.5 Å². The van der Waals surface area contributed by atoms with Gasteiger partial charge in [-0.15, -0.1) is 0 Å². The Bertz CT molecular complexity index is 376. The summed E-state index contributed by atoms with van der Waals surface area (Å²) in [5, 5.41) is 3.38. The van der Waals surface area contributed by atoms with Crippen LogP contribution in [0.4, 0.5) is 0 Å². The molecule has 1 heterocycles. The Morgan fingerprint density at radius 2 is 1.94 bits per heavy atom. The van der Waals surface area contributed by atoms with Crippen LogP contribution in [-0.4, -0.2) is 22.2 Å². The van der Waals surface area contributed by atoms with Crippen LogP contribution in [0.2, 0.25) is 0 Å². The minimum atomic E-state index is 0.101. The molecular formula is C13H25N3O. The Morgan fingerprint density at radius 1 is 1.24 bits per heavy atom. The van der Waals surface area contributed by atoms with Gasteiger partial charge in [0, 0.05) is 25.0 Å². The summed E-state index contributed by atoms with van der Waals surface area (Å²) in [6.45, 7) is 11.2. The Kier molecular flexibility index (Phi) is 5.48. The quantitative estimate of drug-likeness (QED) is 0.738. The number of aromatic nitrogens is 2. The highest BCUT2D eigenvalue weighted by Gasteiger charge is 2.05. The maximum atomic E-state index is 11.9. The first kappa shape index (κ1) is 14.0. The third-order valence-electron chi connectivity index (χ3n) is 2.74. The lowest BCUT2D eigenvalue weighted by molar-refractivity contribution is 0.506. The van der Waals surface area contributed by atoms with Crippen molar-refractivity contribution < 1.29 is 0 Å². The van der Waals surface area contributed by atoms with Crippen LogP contribution in [0.5, 0.6) is 0 Å². The van der Waals surface area contributed by atoms with Crippen molar-refractivity contribution in [3.8, 4) is 0 Å². The van der Waals surface area contributed by atoms with Gasteiger partial charge in [-0.25, -0.2) is 4.79 Å². The first-order chi connectivity index (χ1) is 8.02. The van der Waals surface area contributed by atoms with Crippen molar-refractivity contribution in [3.63, 3.8) is 0 Å². The number of nitrogens with zero attached hydrogens (tertiary/aromatic N) is 2. The predicted octanol–water partition coefficient (Wildman–Crippen LogP) is 1.87. The fourth-order valence-electron chi connectivity index (χ4n) is 1.76. The average molecular weight is 239 g/mol. The van der Waals surface area contributed by atoms with Crippen molar-refractivity contribution in [3.05, 3.63) is 22.9 Å². The molecule has 4 nitrogen and oxygen atoms in total. The van der Waals surface area contributed by atoms with Gasteiger partial charge >= 0.3 is 5.69 Å². The van der Waals surface area contributed by atoms with Crippen LogP contribution in [0, 0.1) is 5.92 Å². The summed E-state index contributed by atoms with van der Waals surface area (Å²) in [6, 6.07) is 0.239. The third kappa shape index (κ3) is 4.38. The van der Waals surface area contributed by atoms with Crippen LogP contribution in [0.25, 0.3) is 0 Å². The summed E-state index contributed by atoms with van der Waals surface area (Å²) in [5.74, 6) is 0.680. The number of hydrogen-bond acceptors (Lipinski definition) is 2. The van der Waals surface area contributed by atoms with E-state index >= 15 is 0 Å². The second kappa shape index (κ2) is 6.64. The lowest BCUT2D eigenvalue weighted by Crippen LogP contribution is -2.27. The van der Waals surface area contributed by atoms with E-state index in [-0.39, 0.29) is 11.7 Å². The van der Waals surface area contributed by atoms with E-state index in [1.807, 2.05) is 26.2 Å². The van der Waals surface area contributed by atoms with Crippen LogP contribution >= 0.6 is 0 Å². The van der Waals surface area contributed by atoms with E-state index in [1.165, 1.54) is 0 Å². The Hall–Kier alpha value is -1.03. The summed E-state index contributed by atoms with van der Waals surface area (Å²) in [5.41, 5.74) is 0.101. The first-order valence-electron chi connectivity index (χ1n) is 6.50. The second-order valence-electron chi connectivity index (χ2n) is 5.23. The lowest BCUT2D eigenvalue weighted by atomic mass is 10.2. The van der Waals surface area contributed by atoms with Gasteiger partial charge in [0.05, 0.1) is 0 Å². The van der Waals surface area contributed by atoms with Gasteiger partial charge in [0.1, 0.15) is 0 Å². The van der Waals surface area contributed by atoms with E-state index in [9.17, 15) is 4.79 Å². The highest BCUT2D eigenvalue weighted by molar-refractivity contribution is 4.83. The van der Waals surface area contributed by atoms with Gasteiger partial charge in [-0.2, -0.15) is 0 Å². The number of imidazole rings is 1. The summed E-state index contributed by atoms with van der Waals surface area (Å²) in [4.78, 5) is 11.9. The van der Waals surface area contributed by atoms with E-state index in [4.69, 9.17) is 0 Å². The Morgan fingerprint density at radius 3 is 2.47 bits per heavy atom. The number of hydrogen-bond donors (Lipinski definition) is 1. The molecule has 98 valence electrons. The van der Waals surface area contributed by atoms with Crippen molar-refractivity contribution in [2.45, 2.75) is 46.7 Å². The van der Waals surface area contributed by atoms with Crippen molar-refractivity contribution in [1.29, 1.82) is 0 Å². The molecule has 0 saturated heterocycles. The van der Waals surface area contributed by atoms with Gasteiger partial charge < -0.3 is 5.32 Å². The zero-order valence-electron chi connectivity index (χ0n) is 11.4. The van der Waals surface area contributed by atoms with Crippen LogP contribution in [-0.2, 0) is 6.54 Å². The van der Waals surface area contributed by atoms with Crippen LogP contribution in [0.15, 0.2) is 17.2 Å². The Balaban J connectivity index is 2.35. The molecule has 17 heavy (non-hydrogen) atoms. The third-order valence-corrected chi connectivity index (χ3v) is 2.74. The zero-order chi connectivity index (χ0) is 12.8. The molecule has 1 aromatic rings. The van der Waals surface area contributed by atoms with Gasteiger partial charge in [-0.1, -0.05) is 13.8 Å². The molecule has 0 amide bonds.